The third-order valence-corrected chi connectivity index (χ3v) is 4.66. The fraction of sp³-hybridized carbons (Fsp3) is 0.250. The van der Waals surface area contributed by atoms with E-state index in [-0.39, 0.29) is 18.6 Å². The zero-order chi connectivity index (χ0) is 20.5. The van der Waals surface area contributed by atoms with Gasteiger partial charge in [-0.05, 0) is 48.4 Å². The molecule has 0 bridgehead atoms. The number of esters is 1. The average Bonchev–Trinajstić information content (AvgIpc) is 2.66. The van der Waals surface area contributed by atoms with Crippen LogP contribution in [-0.4, -0.2) is 30.8 Å². The van der Waals surface area contributed by atoms with E-state index in [2.05, 4.69) is 5.32 Å². The lowest BCUT2D eigenvalue weighted by Gasteiger charge is -2.08. The van der Waals surface area contributed by atoms with Crippen LogP contribution < -0.4 is 5.32 Å². The van der Waals surface area contributed by atoms with Gasteiger partial charge >= 0.3 is 5.97 Å². The highest BCUT2D eigenvalue weighted by atomic mass is 35.5. The number of amides is 1. The molecule has 0 aliphatic rings. The van der Waals surface area contributed by atoms with Crippen molar-refractivity contribution in [1.29, 1.82) is 0 Å². The van der Waals surface area contributed by atoms with Crippen molar-refractivity contribution in [2.45, 2.75) is 19.3 Å². The fourth-order valence-electron chi connectivity index (χ4n) is 2.33. The van der Waals surface area contributed by atoms with E-state index in [1.54, 1.807) is 42.5 Å². The third-order valence-electron chi connectivity index (χ3n) is 3.82. The number of hydrogen-bond acceptors (Lipinski definition) is 4. The third kappa shape index (κ3) is 7.50. The number of nitrogens with one attached hydrogen (secondary N) is 1. The predicted molar refractivity (Wildman–Crippen MR) is 109 cm³/mol. The van der Waals surface area contributed by atoms with E-state index in [1.165, 1.54) is 0 Å². The maximum absolute atomic E-state index is 12.0. The minimum atomic E-state index is -0.613. The Morgan fingerprint density at radius 2 is 1.57 bits per heavy atom. The zero-order valence-electron chi connectivity index (χ0n) is 14.8. The minimum absolute atomic E-state index is 0.00283. The van der Waals surface area contributed by atoms with Crippen molar-refractivity contribution in [3.8, 4) is 0 Å². The highest BCUT2D eigenvalue weighted by molar-refractivity contribution is 6.35. The summed E-state index contributed by atoms with van der Waals surface area (Å²) in [5.41, 5.74) is 1.32. The Labute approximate surface area is 177 Å². The molecule has 28 heavy (non-hydrogen) atoms. The van der Waals surface area contributed by atoms with E-state index in [1.807, 2.05) is 0 Å². The van der Waals surface area contributed by atoms with E-state index < -0.39 is 18.5 Å². The number of benzene rings is 2. The molecule has 0 saturated heterocycles. The lowest BCUT2D eigenvalue weighted by atomic mass is 10.1. The summed E-state index contributed by atoms with van der Waals surface area (Å²) in [5.74, 6) is -1.24. The number of ether oxygens (including phenoxy) is 1. The molecule has 2 aromatic carbocycles. The summed E-state index contributed by atoms with van der Waals surface area (Å²) in [6, 6.07) is 11.5. The van der Waals surface area contributed by atoms with E-state index in [0.29, 0.717) is 33.6 Å². The summed E-state index contributed by atoms with van der Waals surface area (Å²) in [5, 5.41) is 4.23. The van der Waals surface area contributed by atoms with Crippen LogP contribution in [0.3, 0.4) is 0 Å². The number of ketones is 1. The van der Waals surface area contributed by atoms with Gasteiger partial charge in [0.25, 0.3) is 5.91 Å². The predicted octanol–water partition coefficient (Wildman–Crippen LogP) is 4.51. The molecule has 0 saturated carbocycles. The highest BCUT2D eigenvalue weighted by Crippen LogP contribution is 2.21. The Bertz CT molecular complexity index is 853. The number of halogens is 3. The van der Waals surface area contributed by atoms with Gasteiger partial charge in [0.15, 0.2) is 12.4 Å². The van der Waals surface area contributed by atoms with Crippen molar-refractivity contribution in [2.24, 2.45) is 0 Å². The monoisotopic (exact) mass is 441 g/mol. The average molecular weight is 443 g/mol. The first-order valence-electron chi connectivity index (χ1n) is 8.50. The Hall–Kier alpha value is -2.08. The second-order valence-corrected chi connectivity index (χ2v) is 7.21. The maximum atomic E-state index is 12.0. The first-order chi connectivity index (χ1) is 13.3. The summed E-state index contributed by atoms with van der Waals surface area (Å²) < 4.78 is 4.88. The number of carbonyl (C=O) groups is 3. The molecule has 2 aromatic rings. The lowest BCUT2D eigenvalue weighted by Crippen LogP contribution is -2.30. The van der Waals surface area contributed by atoms with Crippen LogP contribution >= 0.6 is 34.8 Å². The van der Waals surface area contributed by atoms with Crippen LogP contribution in [0.2, 0.25) is 15.1 Å². The molecule has 1 amide bonds. The molecular weight excluding hydrogens is 425 g/mol. The molecule has 0 radical (unpaired) electrons. The fourth-order valence-corrected chi connectivity index (χ4v) is 2.95. The quantitative estimate of drug-likeness (QED) is 0.458. The molecular formula is C20H18Cl3NO4. The van der Waals surface area contributed by atoms with Gasteiger partial charge in [-0.3, -0.25) is 14.4 Å². The molecule has 0 fully saturated rings. The van der Waals surface area contributed by atoms with Gasteiger partial charge in [-0.1, -0.05) is 40.9 Å². The van der Waals surface area contributed by atoms with Crippen molar-refractivity contribution < 1.29 is 19.1 Å². The standard InChI is InChI=1S/C20H18Cl3NO4/c21-15-4-2-14(3-5-15)18(25)7-8-20(27)28-12-19(26)24-10-9-13-1-6-16(22)11-17(13)23/h1-6,11H,7-10,12H2,(H,24,26). The molecule has 0 aliphatic carbocycles. The van der Waals surface area contributed by atoms with Crippen LogP contribution in [0.4, 0.5) is 0 Å². The molecule has 2 rings (SSSR count). The SMILES string of the molecule is O=C(COC(=O)CCC(=O)c1ccc(Cl)cc1)NCCc1ccc(Cl)cc1Cl. The topological polar surface area (TPSA) is 72.5 Å². The van der Waals surface area contributed by atoms with Crippen LogP contribution in [0.5, 0.6) is 0 Å². The van der Waals surface area contributed by atoms with Gasteiger partial charge in [0.2, 0.25) is 0 Å². The molecule has 0 aromatic heterocycles. The van der Waals surface area contributed by atoms with Gasteiger partial charge in [-0.2, -0.15) is 0 Å². The van der Waals surface area contributed by atoms with Crippen LogP contribution in [0.1, 0.15) is 28.8 Å². The largest absolute Gasteiger partial charge is 0.456 e. The number of Topliss-reactive ketones (excluding diaryl/α,β-unsaturated/α-hetero) is 1. The van der Waals surface area contributed by atoms with Crippen molar-refractivity contribution in [2.75, 3.05) is 13.2 Å². The Kier molecular flexibility index (Phi) is 8.77. The van der Waals surface area contributed by atoms with Crippen LogP contribution in [0.25, 0.3) is 0 Å². The number of rotatable bonds is 9. The van der Waals surface area contributed by atoms with Crippen LogP contribution in [-0.2, 0) is 20.7 Å². The molecule has 148 valence electrons. The molecule has 0 aliphatic heterocycles. The summed E-state index contributed by atoms with van der Waals surface area (Å²) in [6.07, 6.45) is 0.414. The number of carbonyl (C=O) groups excluding carboxylic acids is 3. The molecule has 0 atom stereocenters. The summed E-state index contributed by atoms with van der Waals surface area (Å²) in [4.78, 5) is 35.4. The maximum Gasteiger partial charge on any atom is 0.306 e. The van der Waals surface area contributed by atoms with Gasteiger partial charge in [-0.15, -0.1) is 0 Å². The second-order valence-electron chi connectivity index (χ2n) is 5.93. The normalized spacial score (nSPS) is 10.4. The van der Waals surface area contributed by atoms with Crippen molar-refractivity contribution in [3.63, 3.8) is 0 Å². The summed E-state index contributed by atoms with van der Waals surface area (Å²) >= 11 is 17.7. The Morgan fingerprint density at radius 1 is 0.893 bits per heavy atom. The molecule has 0 unspecified atom stereocenters. The van der Waals surface area contributed by atoms with Gasteiger partial charge in [0.1, 0.15) is 0 Å². The molecule has 1 N–H and O–H groups in total. The number of hydrogen-bond donors (Lipinski definition) is 1. The van der Waals surface area contributed by atoms with E-state index in [9.17, 15) is 14.4 Å². The van der Waals surface area contributed by atoms with Crippen molar-refractivity contribution in [1.82, 2.24) is 5.32 Å². The van der Waals surface area contributed by atoms with Crippen LogP contribution in [0.15, 0.2) is 42.5 Å². The van der Waals surface area contributed by atoms with Gasteiger partial charge in [-0.25, -0.2) is 0 Å². The smallest absolute Gasteiger partial charge is 0.306 e. The van der Waals surface area contributed by atoms with Gasteiger partial charge < -0.3 is 10.1 Å². The first kappa shape index (κ1) is 22.2. The Morgan fingerprint density at radius 3 is 2.25 bits per heavy atom. The van der Waals surface area contributed by atoms with E-state index >= 15 is 0 Å². The minimum Gasteiger partial charge on any atom is -0.456 e. The molecule has 0 heterocycles. The first-order valence-corrected chi connectivity index (χ1v) is 9.63. The van der Waals surface area contributed by atoms with Crippen molar-refractivity contribution >= 4 is 52.5 Å². The summed E-state index contributed by atoms with van der Waals surface area (Å²) in [7, 11) is 0. The zero-order valence-corrected chi connectivity index (χ0v) is 17.1. The molecule has 0 spiro atoms. The lowest BCUT2D eigenvalue weighted by molar-refractivity contribution is -0.148. The Balaban J connectivity index is 1.64. The highest BCUT2D eigenvalue weighted by Gasteiger charge is 2.12. The van der Waals surface area contributed by atoms with E-state index in [4.69, 9.17) is 39.5 Å². The van der Waals surface area contributed by atoms with Gasteiger partial charge in [0, 0.05) is 33.6 Å². The van der Waals surface area contributed by atoms with E-state index in [0.717, 1.165) is 5.56 Å². The van der Waals surface area contributed by atoms with Gasteiger partial charge in [0.05, 0.1) is 6.42 Å². The summed E-state index contributed by atoms with van der Waals surface area (Å²) in [6.45, 7) is -0.0604. The van der Waals surface area contributed by atoms with Crippen LogP contribution in [0, 0.1) is 0 Å². The van der Waals surface area contributed by atoms with Crippen molar-refractivity contribution in [3.05, 3.63) is 68.7 Å². The second kappa shape index (κ2) is 11.1. The molecule has 8 heteroatoms. The molecule has 5 nitrogen and oxygen atoms in total.